The number of hydrogen-bond donors (Lipinski definition) is 0. The van der Waals surface area contributed by atoms with Crippen molar-refractivity contribution >= 4 is 16.3 Å². The highest BCUT2D eigenvalue weighted by molar-refractivity contribution is 9.06. The van der Waals surface area contributed by atoms with Gasteiger partial charge in [0.05, 0.1) is 0 Å². The van der Waals surface area contributed by atoms with Crippen LogP contribution in [0.2, 0.25) is 0 Å². The Bertz CT molecular complexity index is 284. The summed E-state index contributed by atoms with van der Waals surface area (Å²) in [7, 11) is 0. The molecular weight excluding hydrogens is 365 g/mol. The van der Waals surface area contributed by atoms with Gasteiger partial charge in [0.2, 0.25) is 0 Å². The van der Waals surface area contributed by atoms with Gasteiger partial charge in [-0.25, -0.2) is 0 Å². The van der Waals surface area contributed by atoms with Crippen LogP contribution in [0.4, 0.5) is 48.3 Å². The fourth-order valence-electron chi connectivity index (χ4n) is 0.852. The molecule has 0 heterocycles. The van der Waals surface area contributed by atoms with Crippen LogP contribution < -0.4 is 0 Å². The molecule has 110 valence electrons. The van der Waals surface area contributed by atoms with Gasteiger partial charge in [0.25, 0.3) is 0 Å². The normalized spacial score (nSPS) is 16.0. The molecule has 0 aliphatic heterocycles. The van der Waals surface area contributed by atoms with Crippen molar-refractivity contribution in [2.75, 3.05) is 0 Å². The minimum absolute atomic E-state index is 0.953. The molecule has 0 aliphatic rings. The molecule has 0 atom stereocenters. The second-order valence-electron chi connectivity index (χ2n) is 2.83. The van der Waals surface area contributed by atoms with Gasteiger partial charge in [-0.05, 0) is 0 Å². The molecule has 0 bridgehead atoms. The molecule has 0 amide bonds. The van der Waals surface area contributed by atoms with Crippen molar-refractivity contribution < 1.29 is 52.1 Å². The monoisotopic (exact) mass is 364 g/mol. The Morgan fingerprint density at radius 3 is 0.889 bits per heavy atom. The van der Waals surface area contributed by atoms with Crippen molar-refractivity contribution in [3.63, 3.8) is 0 Å². The number of alkyl halides is 11. The van der Waals surface area contributed by atoms with Crippen molar-refractivity contribution in [2.45, 2.75) is 30.1 Å². The van der Waals surface area contributed by atoms with Crippen molar-refractivity contribution in [2.24, 2.45) is 0 Å². The van der Waals surface area contributed by atoms with Crippen LogP contribution in [0.5, 0.6) is 0 Å². The highest BCUT2D eigenvalue weighted by Crippen LogP contribution is 2.59. The average molecular weight is 365 g/mol. The molecule has 0 saturated carbocycles. The van der Waals surface area contributed by atoms with Crippen molar-refractivity contribution in [1.29, 1.82) is 0 Å². The second kappa shape index (κ2) is 4.35. The molecule has 0 unspecified atom stereocenters. The Kier molecular flexibility index (Phi) is 4.27. The number of halogens is 12. The molecule has 13 heteroatoms. The summed E-state index contributed by atoms with van der Waals surface area (Å²) in [5.74, 6) is -7.25. The third kappa shape index (κ3) is 2.26. The van der Waals surface area contributed by atoms with Crippen LogP contribution in [-0.2, 0) is 3.83 Å². The predicted molar refractivity (Wildman–Crippen MR) is 35.9 cm³/mol. The lowest BCUT2D eigenvalue weighted by Gasteiger charge is -2.40. The van der Waals surface area contributed by atoms with Crippen LogP contribution in [0.3, 0.4) is 0 Å². The zero-order valence-corrected chi connectivity index (χ0v) is 9.03. The zero-order chi connectivity index (χ0) is 15.2. The van der Waals surface area contributed by atoms with E-state index in [9.17, 15) is 48.3 Å². The maximum Gasteiger partial charge on any atom is 0.457 e. The average Bonchev–Trinajstić information content (AvgIpc) is 1.96. The SMILES string of the molecule is FC(F)(F)C(F)(F)C(OBr)(C(F)(F)F)C(F)(F)F. The van der Waals surface area contributed by atoms with Crippen LogP contribution in [0.25, 0.3) is 0 Å². The van der Waals surface area contributed by atoms with Crippen LogP contribution in [0.1, 0.15) is 0 Å². The summed E-state index contributed by atoms with van der Waals surface area (Å²) < 4.78 is 135. The molecule has 0 spiro atoms. The Balaban J connectivity index is 6.27. The third-order valence-corrected chi connectivity index (χ3v) is 2.20. The van der Waals surface area contributed by atoms with Crippen molar-refractivity contribution in [3.05, 3.63) is 0 Å². The first-order valence-electron chi connectivity index (χ1n) is 3.44. The van der Waals surface area contributed by atoms with E-state index in [0.717, 1.165) is 16.3 Å². The van der Waals surface area contributed by atoms with E-state index in [2.05, 4.69) is 3.83 Å². The minimum Gasteiger partial charge on any atom is -0.276 e. The lowest BCUT2D eigenvalue weighted by Crippen LogP contribution is -2.72. The highest BCUT2D eigenvalue weighted by atomic mass is 79.9. The first kappa shape index (κ1) is 17.7. The fraction of sp³-hybridized carbons (Fsp3) is 1.00. The van der Waals surface area contributed by atoms with Gasteiger partial charge < -0.3 is 0 Å². The number of rotatable bonds is 2. The molecule has 0 saturated heterocycles. The molecule has 0 rings (SSSR count). The standard InChI is InChI=1S/C5BrF11O/c6-18-1(3(9,10)11,4(12,13)14)2(7,8)5(15,16)17. The molecule has 0 radical (unpaired) electrons. The summed E-state index contributed by atoms with van der Waals surface area (Å²) in [6.07, 6.45) is -21.3. The van der Waals surface area contributed by atoms with E-state index in [-0.39, 0.29) is 0 Å². The van der Waals surface area contributed by atoms with E-state index in [1.807, 2.05) is 0 Å². The van der Waals surface area contributed by atoms with Gasteiger partial charge in [0.15, 0.2) is 0 Å². The summed E-state index contributed by atoms with van der Waals surface area (Å²) in [5.41, 5.74) is -6.74. The quantitative estimate of drug-likeness (QED) is 0.661. The molecule has 1 nitrogen and oxygen atoms in total. The van der Waals surface area contributed by atoms with Gasteiger partial charge in [-0.2, -0.15) is 48.3 Å². The van der Waals surface area contributed by atoms with Gasteiger partial charge in [-0.1, -0.05) is 0 Å². The Labute approximate surface area is 99.3 Å². The van der Waals surface area contributed by atoms with Gasteiger partial charge in [0, 0.05) is 0 Å². The lowest BCUT2D eigenvalue weighted by atomic mass is 9.93. The van der Waals surface area contributed by atoms with Crippen molar-refractivity contribution in [3.8, 4) is 0 Å². The maximum atomic E-state index is 12.5. The van der Waals surface area contributed by atoms with E-state index < -0.39 is 30.1 Å². The highest BCUT2D eigenvalue weighted by Gasteiger charge is 2.91. The predicted octanol–water partition coefficient (Wildman–Crippen LogP) is 4.37. The van der Waals surface area contributed by atoms with E-state index in [1.165, 1.54) is 0 Å². The van der Waals surface area contributed by atoms with Gasteiger partial charge >= 0.3 is 30.1 Å². The minimum atomic E-state index is -7.25. The largest absolute Gasteiger partial charge is 0.457 e. The fourth-order valence-corrected chi connectivity index (χ4v) is 1.42. The number of hydrogen-bond acceptors (Lipinski definition) is 1. The molecule has 0 aromatic heterocycles. The summed E-state index contributed by atoms with van der Waals surface area (Å²) in [6, 6.07) is 0. The summed E-state index contributed by atoms with van der Waals surface area (Å²) in [4.78, 5) is 0. The third-order valence-electron chi connectivity index (χ3n) is 1.71. The Morgan fingerprint density at radius 1 is 0.556 bits per heavy atom. The molecule has 0 fully saturated rings. The lowest BCUT2D eigenvalue weighted by molar-refractivity contribution is -0.451. The Hall–Kier alpha value is -0.330. The van der Waals surface area contributed by atoms with Gasteiger partial charge in [-0.15, -0.1) is 0 Å². The van der Waals surface area contributed by atoms with E-state index in [4.69, 9.17) is 0 Å². The summed E-state index contributed by atoms with van der Waals surface area (Å²) in [5, 5.41) is 0. The summed E-state index contributed by atoms with van der Waals surface area (Å²) >= 11 is 0.953. The van der Waals surface area contributed by atoms with E-state index in [0.29, 0.717) is 0 Å². The van der Waals surface area contributed by atoms with E-state index in [1.54, 1.807) is 0 Å². The Morgan fingerprint density at radius 2 is 0.833 bits per heavy atom. The molecule has 0 aromatic rings. The molecule has 0 N–H and O–H groups in total. The van der Waals surface area contributed by atoms with Crippen LogP contribution >= 0.6 is 16.3 Å². The second-order valence-corrected chi connectivity index (χ2v) is 3.15. The van der Waals surface area contributed by atoms with Crippen LogP contribution in [0.15, 0.2) is 0 Å². The first-order valence-corrected chi connectivity index (χ1v) is 4.08. The summed E-state index contributed by atoms with van der Waals surface area (Å²) in [6.45, 7) is 0. The molecule has 0 aromatic carbocycles. The zero-order valence-electron chi connectivity index (χ0n) is 7.44. The first-order chi connectivity index (χ1) is 7.56. The van der Waals surface area contributed by atoms with Crippen LogP contribution in [-0.4, -0.2) is 30.1 Å². The molecule has 0 aliphatic carbocycles. The molecular formula is C5BrF11O. The van der Waals surface area contributed by atoms with Gasteiger partial charge in [-0.3, -0.25) is 3.83 Å². The van der Waals surface area contributed by atoms with Crippen molar-refractivity contribution in [1.82, 2.24) is 0 Å². The maximum absolute atomic E-state index is 12.5. The van der Waals surface area contributed by atoms with Crippen LogP contribution in [0, 0.1) is 0 Å². The molecule has 18 heavy (non-hydrogen) atoms. The van der Waals surface area contributed by atoms with E-state index >= 15 is 0 Å². The van der Waals surface area contributed by atoms with Gasteiger partial charge in [0.1, 0.15) is 16.3 Å². The smallest absolute Gasteiger partial charge is 0.276 e. The topological polar surface area (TPSA) is 9.23 Å².